The van der Waals surface area contributed by atoms with Gasteiger partial charge in [0.15, 0.2) is 0 Å². The Morgan fingerprint density at radius 3 is 2.61 bits per heavy atom. The summed E-state index contributed by atoms with van der Waals surface area (Å²) in [5.74, 6) is 0.418. The van der Waals surface area contributed by atoms with Crippen molar-refractivity contribution >= 4 is 0 Å². The van der Waals surface area contributed by atoms with E-state index in [-0.39, 0.29) is 16.9 Å². The number of benzene rings is 1. The highest BCUT2D eigenvalue weighted by Gasteiger charge is 2.64. The second-order valence-corrected chi connectivity index (χ2v) is 9.46. The quantitative estimate of drug-likeness (QED) is 0.745. The number of aliphatic hydroxyl groups excluding tert-OH is 1. The van der Waals surface area contributed by atoms with Crippen molar-refractivity contribution in [3.63, 3.8) is 0 Å². The number of hydrogen-bond donors (Lipinski definition) is 1. The van der Waals surface area contributed by atoms with Gasteiger partial charge in [-0.1, -0.05) is 50.1 Å². The first-order valence-electron chi connectivity index (χ1n) is 10.7. The van der Waals surface area contributed by atoms with E-state index in [0.717, 1.165) is 32.1 Å². The molecule has 2 fully saturated rings. The Kier molecular flexibility index (Phi) is 3.97. The highest BCUT2D eigenvalue weighted by molar-refractivity contribution is 5.66. The van der Waals surface area contributed by atoms with Crippen molar-refractivity contribution in [2.45, 2.75) is 69.4 Å². The SMILES string of the molecule is [C-]#[N+]C1C[C@]2(C)c3nn(C)c(-c4ccccc4)c3CC[C@H]2C2(CCCC2)C1O. The van der Waals surface area contributed by atoms with Crippen LogP contribution in [0.2, 0.25) is 0 Å². The Morgan fingerprint density at radius 2 is 1.93 bits per heavy atom. The molecule has 1 aromatic carbocycles. The van der Waals surface area contributed by atoms with Crippen molar-refractivity contribution in [3.8, 4) is 11.3 Å². The van der Waals surface area contributed by atoms with Gasteiger partial charge in [0.1, 0.15) is 6.10 Å². The molecule has 28 heavy (non-hydrogen) atoms. The van der Waals surface area contributed by atoms with Gasteiger partial charge in [-0.2, -0.15) is 5.10 Å². The van der Waals surface area contributed by atoms with E-state index < -0.39 is 6.10 Å². The van der Waals surface area contributed by atoms with Gasteiger partial charge in [-0.15, -0.1) is 0 Å². The molecule has 1 heterocycles. The molecule has 0 aliphatic heterocycles. The van der Waals surface area contributed by atoms with Crippen LogP contribution in [0.25, 0.3) is 16.1 Å². The van der Waals surface area contributed by atoms with E-state index in [9.17, 15) is 5.11 Å². The summed E-state index contributed by atoms with van der Waals surface area (Å²) in [5.41, 5.74) is 4.77. The monoisotopic (exact) mass is 375 g/mol. The van der Waals surface area contributed by atoms with Gasteiger partial charge in [-0.05, 0) is 31.6 Å². The zero-order valence-electron chi connectivity index (χ0n) is 16.9. The molecule has 0 amide bonds. The molecular weight excluding hydrogens is 346 g/mol. The fraction of sp³-hybridized carbons (Fsp3) is 0.583. The zero-order valence-corrected chi connectivity index (χ0v) is 16.9. The summed E-state index contributed by atoms with van der Waals surface area (Å²) in [5, 5.41) is 16.3. The van der Waals surface area contributed by atoms with Gasteiger partial charge < -0.3 is 9.95 Å². The van der Waals surface area contributed by atoms with Crippen LogP contribution < -0.4 is 0 Å². The van der Waals surface area contributed by atoms with Crippen LogP contribution in [0.15, 0.2) is 30.3 Å². The molecule has 4 heteroatoms. The molecule has 3 aliphatic carbocycles. The third kappa shape index (κ3) is 2.23. The molecule has 2 aromatic rings. The average molecular weight is 376 g/mol. The van der Waals surface area contributed by atoms with Crippen LogP contribution in [0.3, 0.4) is 0 Å². The van der Waals surface area contributed by atoms with Crippen LogP contribution in [0.4, 0.5) is 0 Å². The Morgan fingerprint density at radius 1 is 1.21 bits per heavy atom. The van der Waals surface area contributed by atoms with Gasteiger partial charge in [-0.25, -0.2) is 6.57 Å². The highest BCUT2D eigenvalue weighted by Crippen LogP contribution is 2.63. The van der Waals surface area contributed by atoms with Gasteiger partial charge in [0.05, 0.1) is 11.4 Å². The maximum Gasteiger partial charge on any atom is 0.250 e. The molecule has 2 unspecified atom stereocenters. The number of aromatic nitrogens is 2. The molecule has 5 rings (SSSR count). The van der Waals surface area contributed by atoms with Gasteiger partial charge in [0.25, 0.3) is 6.04 Å². The first-order chi connectivity index (χ1) is 13.5. The molecule has 4 atom stereocenters. The van der Waals surface area contributed by atoms with Gasteiger partial charge in [-0.3, -0.25) is 4.68 Å². The lowest BCUT2D eigenvalue weighted by Gasteiger charge is -2.56. The topological polar surface area (TPSA) is 42.4 Å². The lowest BCUT2D eigenvalue weighted by atomic mass is 9.48. The summed E-state index contributed by atoms with van der Waals surface area (Å²) >= 11 is 0. The zero-order chi connectivity index (χ0) is 19.5. The number of aryl methyl sites for hydroxylation is 1. The molecule has 0 saturated heterocycles. The summed E-state index contributed by atoms with van der Waals surface area (Å²) < 4.78 is 2.05. The van der Waals surface area contributed by atoms with Gasteiger partial charge >= 0.3 is 0 Å². The number of hydrogen-bond acceptors (Lipinski definition) is 2. The van der Waals surface area contributed by atoms with Crippen molar-refractivity contribution < 1.29 is 5.11 Å². The molecule has 2 saturated carbocycles. The molecule has 1 N–H and O–H groups in total. The van der Waals surface area contributed by atoms with Crippen LogP contribution in [-0.2, 0) is 18.9 Å². The summed E-state index contributed by atoms with van der Waals surface area (Å²) in [6, 6.07) is 10.2. The van der Waals surface area contributed by atoms with Gasteiger partial charge in [0, 0.05) is 35.4 Å². The van der Waals surface area contributed by atoms with E-state index >= 15 is 0 Å². The molecule has 0 bridgehead atoms. The molecule has 146 valence electrons. The maximum absolute atomic E-state index is 11.2. The van der Waals surface area contributed by atoms with E-state index in [1.165, 1.54) is 35.4 Å². The molecular formula is C24H29N3O. The van der Waals surface area contributed by atoms with Crippen molar-refractivity contribution in [2.24, 2.45) is 18.4 Å². The van der Waals surface area contributed by atoms with Crippen LogP contribution in [0.1, 0.15) is 56.7 Å². The predicted octanol–water partition coefficient (Wildman–Crippen LogP) is 4.52. The maximum atomic E-state index is 11.2. The van der Waals surface area contributed by atoms with Crippen LogP contribution >= 0.6 is 0 Å². The third-order valence-corrected chi connectivity index (χ3v) is 8.17. The first-order valence-corrected chi connectivity index (χ1v) is 10.7. The molecule has 0 radical (unpaired) electrons. The van der Waals surface area contributed by atoms with E-state index in [1.54, 1.807) is 0 Å². The number of aliphatic hydroxyl groups is 1. The summed E-state index contributed by atoms with van der Waals surface area (Å²) in [6.07, 6.45) is 6.84. The largest absolute Gasteiger partial charge is 0.384 e. The Hall–Kier alpha value is -2.12. The average Bonchev–Trinajstić information content (AvgIpc) is 3.31. The highest BCUT2D eigenvalue weighted by atomic mass is 16.3. The van der Waals surface area contributed by atoms with Crippen molar-refractivity contribution in [2.75, 3.05) is 0 Å². The van der Waals surface area contributed by atoms with Gasteiger partial charge in [0.2, 0.25) is 0 Å². The van der Waals surface area contributed by atoms with E-state index in [0.29, 0.717) is 5.92 Å². The van der Waals surface area contributed by atoms with Crippen molar-refractivity contribution in [1.82, 2.24) is 9.78 Å². The number of nitrogens with zero attached hydrogens (tertiary/aromatic N) is 3. The Bertz CT molecular complexity index is 935. The minimum absolute atomic E-state index is 0.0929. The van der Waals surface area contributed by atoms with E-state index in [4.69, 9.17) is 11.7 Å². The Balaban J connectivity index is 1.68. The lowest BCUT2D eigenvalue weighted by Crippen LogP contribution is -2.60. The molecule has 1 aromatic heterocycles. The predicted molar refractivity (Wildman–Crippen MR) is 110 cm³/mol. The summed E-state index contributed by atoms with van der Waals surface area (Å²) in [4.78, 5) is 3.91. The van der Waals surface area contributed by atoms with Crippen LogP contribution in [0.5, 0.6) is 0 Å². The molecule has 4 nitrogen and oxygen atoms in total. The van der Waals surface area contributed by atoms with Crippen molar-refractivity contribution in [3.05, 3.63) is 53.0 Å². The standard InChI is InChI=1S/C24H29N3O/c1-23-15-18(25-2)22(28)24(13-7-8-14-24)19(23)12-11-17-20(27(3)26-21(17)23)16-9-5-4-6-10-16/h4-6,9-10,18-19,22,28H,7-8,11-15H2,1,3H3/t18?,19-,22?,23+/m1/s1. The Labute approximate surface area is 167 Å². The fourth-order valence-corrected chi connectivity index (χ4v) is 7.08. The number of rotatable bonds is 1. The van der Waals surface area contributed by atoms with E-state index in [1.807, 2.05) is 11.7 Å². The second-order valence-electron chi connectivity index (χ2n) is 9.46. The summed E-state index contributed by atoms with van der Waals surface area (Å²) in [7, 11) is 2.05. The minimum atomic E-state index is -0.482. The fourth-order valence-electron chi connectivity index (χ4n) is 7.08. The van der Waals surface area contributed by atoms with E-state index in [2.05, 4.69) is 42.1 Å². The smallest absolute Gasteiger partial charge is 0.250 e. The van der Waals surface area contributed by atoms with Crippen LogP contribution in [0, 0.1) is 17.9 Å². The number of fused-ring (bicyclic) bond motifs is 4. The van der Waals surface area contributed by atoms with Crippen molar-refractivity contribution in [1.29, 1.82) is 0 Å². The molecule has 3 aliphatic rings. The second kappa shape index (κ2) is 6.19. The lowest BCUT2D eigenvalue weighted by molar-refractivity contribution is -0.0966. The molecule has 1 spiro atoms. The van der Waals surface area contributed by atoms with Crippen LogP contribution in [-0.4, -0.2) is 27.0 Å². The minimum Gasteiger partial charge on any atom is -0.384 e. The summed E-state index contributed by atoms with van der Waals surface area (Å²) in [6.45, 7) is 10.1. The first kappa shape index (κ1) is 17.9. The normalized spacial score (nSPS) is 33.3. The third-order valence-electron chi connectivity index (χ3n) is 8.17.